The van der Waals surface area contributed by atoms with Crippen molar-refractivity contribution in [3.05, 3.63) is 36.2 Å². The van der Waals surface area contributed by atoms with Crippen LogP contribution in [-0.2, 0) is 11.2 Å². The number of carbonyl (C=O) groups excluding carboxylic acids is 1. The number of nitrogens with one attached hydrogen (secondary N) is 2. The zero-order valence-electron chi connectivity index (χ0n) is 11.8. The van der Waals surface area contributed by atoms with Gasteiger partial charge in [0.2, 0.25) is 11.7 Å². The highest BCUT2D eigenvalue weighted by molar-refractivity contribution is 5.77. The molecule has 2 heterocycles. The van der Waals surface area contributed by atoms with E-state index in [1.807, 2.05) is 30.3 Å². The number of nitrogens with zero attached hydrogens (tertiary/aromatic N) is 2. The fraction of sp³-hybridized carbons (Fsp3) is 0.400. The standard InChI is InChI=1S/C15H18N4O2/c20-13-11-19(10-8-16-13)9-4-7-14-17-15(18-21-14)12-5-2-1-3-6-12/h1-3,5-6H,4,7-11H2,(H,16,20)/p+1. The van der Waals surface area contributed by atoms with Gasteiger partial charge in [-0.15, -0.1) is 0 Å². The Morgan fingerprint density at radius 3 is 2.95 bits per heavy atom. The van der Waals surface area contributed by atoms with E-state index in [9.17, 15) is 4.79 Å². The molecule has 1 amide bonds. The average molecular weight is 287 g/mol. The Hall–Kier alpha value is -2.21. The first-order valence-corrected chi connectivity index (χ1v) is 7.29. The highest BCUT2D eigenvalue weighted by Gasteiger charge is 2.19. The number of hydrogen-bond acceptors (Lipinski definition) is 4. The van der Waals surface area contributed by atoms with Gasteiger partial charge >= 0.3 is 0 Å². The molecule has 1 fully saturated rings. The second kappa shape index (κ2) is 6.49. The maximum atomic E-state index is 11.3. The normalized spacial score (nSPS) is 18.5. The number of carbonyl (C=O) groups is 1. The van der Waals surface area contributed by atoms with E-state index in [4.69, 9.17) is 4.52 Å². The third-order valence-electron chi connectivity index (χ3n) is 3.63. The van der Waals surface area contributed by atoms with Crippen molar-refractivity contribution in [2.45, 2.75) is 12.8 Å². The van der Waals surface area contributed by atoms with Crippen molar-refractivity contribution < 1.29 is 14.2 Å². The molecule has 6 nitrogen and oxygen atoms in total. The lowest BCUT2D eigenvalue weighted by atomic mass is 10.2. The van der Waals surface area contributed by atoms with Crippen LogP contribution in [0.4, 0.5) is 0 Å². The van der Waals surface area contributed by atoms with Crippen molar-refractivity contribution >= 4 is 5.91 Å². The van der Waals surface area contributed by atoms with Gasteiger partial charge in [0.15, 0.2) is 6.54 Å². The lowest BCUT2D eigenvalue weighted by Gasteiger charge is -2.23. The molecule has 3 rings (SSSR count). The van der Waals surface area contributed by atoms with E-state index >= 15 is 0 Å². The summed E-state index contributed by atoms with van der Waals surface area (Å²) in [5.41, 5.74) is 0.964. The molecule has 1 unspecified atom stereocenters. The third-order valence-corrected chi connectivity index (χ3v) is 3.63. The van der Waals surface area contributed by atoms with Crippen molar-refractivity contribution in [2.75, 3.05) is 26.2 Å². The Balaban J connectivity index is 1.50. The van der Waals surface area contributed by atoms with Crippen LogP contribution in [0.25, 0.3) is 11.4 Å². The zero-order valence-corrected chi connectivity index (χ0v) is 11.8. The van der Waals surface area contributed by atoms with Gasteiger partial charge in [-0.05, 0) is 0 Å². The van der Waals surface area contributed by atoms with Gasteiger partial charge in [0.1, 0.15) is 0 Å². The summed E-state index contributed by atoms with van der Waals surface area (Å²) in [6.45, 7) is 3.29. The van der Waals surface area contributed by atoms with Crippen LogP contribution in [0.15, 0.2) is 34.9 Å². The Labute approximate surface area is 123 Å². The molecule has 6 heteroatoms. The van der Waals surface area contributed by atoms with Crippen LogP contribution in [0, 0.1) is 0 Å². The summed E-state index contributed by atoms with van der Waals surface area (Å²) in [7, 11) is 0. The fourth-order valence-electron chi connectivity index (χ4n) is 2.52. The molecule has 0 radical (unpaired) electrons. The number of quaternary nitrogens is 1. The number of benzene rings is 1. The van der Waals surface area contributed by atoms with Crippen LogP contribution in [0.5, 0.6) is 0 Å². The molecule has 1 aromatic carbocycles. The summed E-state index contributed by atoms with van der Waals surface area (Å²) < 4.78 is 5.28. The number of aromatic nitrogens is 2. The smallest absolute Gasteiger partial charge is 0.275 e. The van der Waals surface area contributed by atoms with E-state index in [1.54, 1.807) is 0 Å². The van der Waals surface area contributed by atoms with Gasteiger partial charge in [-0.3, -0.25) is 4.79 Å². The zero-order chi connectivity index (χ0) is 14.5. The van der Waals surface area contributed by atoms with Gasteiger partial charge in [-0.2, -0.15) is 4.98 Å². The topological polar surface area (TPSA) is 72.5 Å². The molecule has 0 saturated carbocycles. The van der Waals surface area contributed by atoms with E-state index in [2.05, 4.69) is 15.5 Å². The van der Waals surface area contributed by atoms with Crippen molar-refractivity contribution in [3.8, 4) is 11.4 Å². The summed E-state index contributed by atoms with van der Waals surface area (Å²) in [5.74, 6) is 1.44. The van der Waals surface area contributed by atoms with E-state index in [-0.39, 0.29) is 5.91 Å². The van der Waals surface area contributed by atoms with Crippen molar-refractivity contribution in [3.63, 3.8) is 0 Å². The largest absolute Gasteiger partial charge is 0.346 e. The fourth-order valence-corrected chi connectivity index (χ4v) is 2.52. The van der Waals surface area contributed by atoms with Gasteiger partial charge in [-0.1, -0.05) is 35.5 Å². The minimum atomic E-state index is 0.139. The molecule has 1 aromatic heterocycles. The second-order valence-corrected chi connectivity index (χ2v) is 5.26. The van der Waals surface area contributed by atoms with Crippen molar-refractivity contribution in [1.29, 1.82) is 0 Å². The number of rotatable bonds is 5. The first-order chi connectivity index (χ1) is 10.3. The number of amides is 1. The maximum absolute atomic E-state index is 11.3. The lowest BCUT2D eigenvalue weighted by molar-refractivity contribution is -0.893. The first-order valence-electron chi connectivity index (χ1n) is 7.29. The molecule has 0 bridgehead atoms. The van der Waals surface area contributed by atoms with E-state index in [0.29, 0.717) is 18.3 Å². The van der Waals surface area contributed by atoms with Crippen molar-refractivity contribution in [1.82, 2.24) is 15.5 Å². The minimum Gasteiger partial charge on any atom is -0.346 e. The predicted octanol–water partition coefficient (Wildman–Crippen LogP) is -0.316. The third kappa shape index (κ3) is 3.66. The maximum Gasteiger partial charge on any atom is 0.275 e. The Morgan fingerprint density at radius 2 is 2.14 bits per heavy atom. The minimum absolute atomic E-state index is 0.139. The Bertz CT molecular complexity index is 597. The highest BCUT2D eigenvalue weighted by atomic mass is 16.5. The van der Waals surface area contributed by atoms with Gasteiger partial charge in [0.25, 0.3) is 5.91 Å². The SMILES string of the molecule is O=C1C[NH+](CCCc2nc(-c3ccccc3)no2)CCN1. The Kier molecular flexibility index (Phi) is 4.25. The van der Waals surface area contributed by atoms with Crippen molar-refractivity contribution in [2.24, 2.45) is 0 Å². The number of piperazine rings is 1. The quantitative estimate of drug-likeness (QED) is 0.791. The molecule has 1 aliphatic heterocycles. The summed E-state index contributed by atoms with van der Waals surface area (Å²) in [4.78, 5) is 17.0. The molecular formula is C15H19N4O2+. The van der Waals surface area contributed by atoms with Crippen LogP contribution in [0.2, 0.25) is 0 Å². The van der Waals surface area contributed by atoms with Gasteiger partial charge in [0.05, 0.1) is 19.6 Å². The molecule has 1 saturated heterocycles. The molecule has 0 spiro atoms. The molecule has 110 valence electrons. The monoisotopic (exact) mass is 287 g/mol. The van der Waals surface area contributed by atoms with Crippen LogP contribution in [-0.4, -0.2) is 42.2 Å². The number of hydrogen-bond donors (Lipinski definition) is 2. The summed E-state index contributed by atoms with van der Waals surface area (Å²) in [6.07, 6.45) is 1.70. The van der Waals surface area contributed by atoms with Crippen LogP contribution in [0.3, 0.4) is 0 Å². The Morgan fingerprint density at radius 1 is 1.29 bits per heavy atom. The summed E-state index contributed by atoms with van der Waals surface area (Å²) >= 11 is 0. The second-order valence-electron chi connectivity index (χ2n) is 5.26. The van der Waals surface area contributed by atoms with Crippen LogP contribution < -0.4 is 10.2 Å². The van der Waals surface area contributed by atoms with E-state index < -0.39 is 0 Å². The van der Waals surface area contributed by atoms with Gasteiger partial charge < -0.3 is 14.7 Å². The van der Waals surface area contributed by atoms with E-state index in [1.165, 1.54) is 4.90 Å². The molecule has 2 aromatic rings. The van der Waals surface area contributed by atoms with Gasteiger partial charge in [-0.25, -0.2) is 0 Å². The average Bonchev–Trinajstić information content (AvgIpc) is 2.97. The lowest BCUT2D eigenvalue weighted by Crippen LogP contribution is -3.15. The van der Waals surface area contributed by atoms with Crippen LogP contribution >= 0.6 is 0 Å². The number of aryl methyl sites for hydroxylation is 1. The molecule has 21 heavy (non-hydrogen) atoms. The molecule has 1 atom stereocenters. The first kappa shape index (κ1) is 13.8. The van der Waals surface area contributed by atoms with E-state index in [0.717, 1.165) is 38.0 Å². The van der Waals surface area contributed by atoms with Gasteiger partial charge in [0, 0.05) is 18.4 Å². The molecule has 2 N–H and O–H groups in total. The molecule has 0 aliphatic carbocycles. The highest BCUT2D eigenvalue weighted by Crippen LogP contribution is 2.15. The molecule has 1 aliphatic rings. The summed E-state index contributed by atoms with van der Waals surface area (Å²) in [6, 6.07) is 9.80. The summed E-state index contributed by atoms with van der Waals surface area (Å²) in [5, 5.41) is 6.85. The predicted molar refractivity (Wildman–Crippen MR) is 76.6 cm³/mol. The van der Waals surface area contributed by atoms with Crippen LogP contribution in [0.1, 0.15) is 12.3 Å². The molecular weight excluding hydrogens is 268 g/mol.